The van der Waals surface area contributed by atoms with Crippen LogP contribution >= 0.6 is 11.8 Å². The Hall–Kier alpha value is -4.26. The first kappa shape index (κ1) is 38.2. The smallest absolute Gasteiger partial charge is 0.414 e. The second kappa shape index (κ2) is 15.8. The van der Waals surface area contributed by atoms with Gasteiger partial charge in [-0.1, -0.05) is 30.3 Å². The number of carbonyl (C=O) groups excluding carboxylic acids is 4. The van der Waals surface area contributed by atoms with Crippen molar-refractivity contribution in [2.75, 3.05) is 30.6 Å². The fourth-order valence-corrected chi connectivity index (χ4v) is 5.96. The third-order valence-electron chi connectivity index (χ3n) is 7.50. The number of nitrogens with zero attached hydrogens (tertiary/aromatic N) is 2. The minimum atomic E-state index is -2.13. The Morgan fingerprint density at radius 2 is 1.62 bits per heavy atom. The van der Waals surface area contributed by atoms with E-state index >= 15 is 0 Å². The number of rotatable bonds is 10. The van der Waals surface area contributed by atoms with Gasteiger partial charge in [-0.25, -0.2) is 24.1 Å². The van der Waals surface area contributed by atoms with Crippen molar-refractivity contribution >= 4 is 47.5 Å². The van der Waals surface area contributed by atoms with Crippen molar-refractivity contribution in [3.05, 3.63) is 54.1 Å². The molecule has 0 bridgehead atoms. The number of thioether (sulfide) groups is 1. The molecule has 12 nitrogen and oxygen atoms in total. The molecular formula is C35H47N3O9S. The molecule has 0 radical (unpaired) electrons. The number of carbonyl (C=O) groups is 5. The van der Waals surface area contributed by atoms with Crippen molar-refractivity contribution in [3.63, 3.8) is 0 Å². The maximum absolute atomic E-state index is 14.3. The van der Waals surface area contributed by atoms with Crippen LogP contribution in [-0.2, 0) is 23.8 Å². The summed E-state index contributed by atoms with van der Waals surface area (Å²) in [5.41, 5.74) is -2.99. The number of benzene rings is 2. The highest BCUT2D eigenvalue weighted by molar-refractivity contribution is 7.98. The van der Waals surface area contributed by atoms with E-state index in [0.717, 1.165) is 9.80 Å². The highest BCUT2D eigenvalue weighted by atomic mass is 32.2. The zero-order valence-corrected chi connectivity index (χ0v) is 29.8. The second-order valence-corrected chi connectivity index (χ2v) is 14.4. The molecule has 2 atom stereocenters. The fourth-order valence-electron chi connectivity index (χ4n) is 5.49. The first-order valence-corrected chi connectivity index (χ1v) is 17.2. The van der Waals surface area contributed by atoms with Crippen LogP contribution in [0.25, 0.3) is 11.1 Å². The van der Waals surface area contributed by atoms with Crippen LogP contribution in [0.3, 0.4) is 0 Å². The summed E-state index contributed by atoms with van der Waals surface area (Å²) < 4.78 is 16.4. The minimum absolute atomic E-state index is 0.0196. The van der Waals surface area contributed by atoms with Gasteiger partial charge in [0.2, 0.25) is 5.66 Å². The van der Waals surface area contributed by atoms with Gasteiger partial charge in [0.05, 0.1) is 12.8 Å². The van der Waals surface area contributed by atoms with Gasteiger partial charge in [-0.15, -0.1) is 0 Å². The maximum atomic E-state index is 14.3. The molecule has 3 amide bonds. The van der Waals surface area contributed by atoms with Crippen molar-refractivity contribution in [2.45, 2.75) is 90.1 Å². The predicted octanol–water partition coefficient (Wildman–Crippen LogP) is 6.32. The summed E-state index contributed by atoms with van der Waals surface area (Å²) in [7, 11) is 1.25. The maximum Gasteiger partial charge on any atom is 0.414 e. The molecule has 48 heavy (non-hydrogen) atoms. The van der Waals surface area contributed by atoms with Crippen LogP contribution in [0.15, 0.2) is 48.5 Å². The summed E-state index contributed by atoms with van der Waals surface area (Å²) >= 11 is 1.52. The topological polar surface area (TPSA) is 152 Å². The summed E-state index contributed by atoms with van der Waals surface area (Å²) in [4.78, 5) is 69.6. The van der Waals surface area contributed by atoms with E-state index in [1.54, 1.807) is 71.9 Å². The first-order chi connectivity index (χ1) is 22.4. The zero-order chi connectivity index (χ0) is 35.9. The zero-order valence-electron chi connectivity index (χ0n) is 29.0. The Morgan fingerprint density at radius 1 is 0.979 bits per heavy atom. The molecule has 2 N–H and O–H groups in total. The SMILES string of the molecule is COC(=O)[C@H](CCSC)NC(=O)c1ccc(N(C(=O)O)C2(C(=O)OC(C)(C)C)CCCCN2C(=O)OC(C)(C)C)cc1-c1ccccc1. The molecule has 1 unspecified atom stereocenters. The quantitative estimate of drug-likeness (QED) is 0.215. The molecule has 0 aromatic heterocycles. The molecular weight excluding hydrogens is 638 g/mol. The molecule has 1 heterocycles. The van der Waals surface area contributed by atoms with Gasteiger partial charge in [0, 0.05) is 18.5 Å². The van der Waals surface area contributed by atoms with Gasteiger partial charge in [0.25, 0.3) is 5.91 Å². The summed E-state index contributed by atoms with van der Waals surface area (Å²) in [5.74, 6) is -1.50. The molecule has 1 aliphatic rings. The third-order valence-corrected chi connectivity index (χ3v) is 8.14. The van der Waals surface area contributed by atoms with Crippen molar-refractivity contribution in [2.24, 2.45) is 0 Å². The summed E-state index contributed by atoms with van der Waals surface area (Å²) in [5, 5.41) is 13.6. The Bertz CT molecular complexity index is 1490. The highest BCUT2D eigenvalue weighted by Gasteiger charge is 2.58. The lowest BCUT2D eigenvalue weighted by Crippen LogP contribution is -2.71. The number of piperidine rings is 1. The number of methoxy groups -OCH3 is 1. The lowest BCUT2D eigenvalue weighted by molar-refractivity contribution is -0.171. The second-order valence-electron chi connectivity index (χ2n) is 13.5. The standard InChI is InChI=1S/C35H47N3O9S/c1-33(2,3)46-30(41)35(19-12-13-20-37(35)32(44)47-34(4,5)6)38(31(42)43)24-16-17-25(26(22-24)23-14-10-9-11-15-23)28(39)36-27(18-21-48-8)29(40)45-7/h9-11,14-17,22,27H,12-13,18-21H2,1-8H3,(H,36,39)(H,42,43)/t27-,35?/m0/s1. The predicted molar refractivity (Wildman–Crippen MR) is 184 cm³/mol. The number of likely N-dealkylation sites (tertiary alicyclic amines) is 1. The summed E-state index contributed by atoms with van der Waals surface area (Å²) in [6.07, 6.45) is 0.698. The Kier molecular flexibility index (Phi) is 12.5. The number of hydrogen-bond acceptors (Lipinski definition) is 9. The van der Waals surface area contributed by atoms with E-state index in [1.807, 2.05) is 6.26 Å². The van der Waals surface area contributed by atoms with E-state index in [0.29, 0.717) is 36.1 Å². The van der Waals surface area contributed by atoms with E-state index in [2.05, 4.69) is 5.32 Å². The number of anilines is 1. The van der Waals surface area contributed by atoms with Crippen LogP contribution in [0.2, 0.25) is 0 Å². The van der Waals surface area contributed by atoms with E-state index in [1.165, 1.54) is 37.1 Å². The summed E-state index contributed by atoms with van der Waals surface area (Å²) in [6, 6.07) is 12.3. The molecule has 0 spiro atoms. The Labute approximate surface area is 286 Å². The monoisotopic (exact) mass is 685 g/mol. The first-order valence-electron chi connectivity index (χ1n) is 15.8. The molecule has 13 heteroatoms. The van der Waals surface area contributed by atoms with Crippen LogP contribution in [0.1, 0.15) is 77.6 Å². The van der Waals surface area contributed by atoms with Crippen molar-refractivity contribution < 1.29 is 43.3 Å². The van der Waals surface area contributed by atoms with Gasteiger partial charge in [0.15, 0.2) is 0 Å². The van der Waals surface area contributed by atoms with E-state index in [4.69, 9.17) is 14.2 Å². The van der Waals surface area contributed by atoms with Crippen LogP contribution in [0.4, 0.5) is 15.3 Å². The minimum Gasteiger partial charge on any atom is -0.467 e. The highest BCUT2D eigenvalue weighted by Crippen LogP contribution is 2.40. The number of carboxylic acid groups (broad SMARTS) is 1. The van der Waals surface area contributed by atoms with Crippen LogP contribution < -0.4 is 10.2 Å². The van der Waals surface area contributed by atoms with Gasteiger partial charge in [-0.05, 0) is 102 Å². The number of ether oxygens (including phenoxy) is 3. The number of amides is 3. The number of esters is 2. The molecule has 0 aliphatic carbocycles. The van der Waals surface area contributed by atoms with Crippen molar-refractivity contribution in [1.82, 2.24) is 10.2 Å². The Morgan fingerprint density at radius 3 is 2.19 bits per heavy atom. The largest absolute Gasteiger partial charge is 0.467 e. The van der Waals surface area contributed by atoms with E-state index < -0.39 is 52.9 Å². The summed E-state index contributed by atoms with van der Waals surface area (Å²) in [6.45, 7) is 10.1. The normalized spacial score (nSPS) is 17.1. The van der Waals surface area contributed by atoms with Gasteiger partial charge in [-0.3, -0.25) is 9.69 Å². The van der Waals surface area contributed by atoms with Crippen LogP contribution in [0.5, 0.6) is 0 Å². The average Bonchev–Trinajstić information content (AvgIpc) is 3.01. The lowest BCUT2D eigenvalue weighted by atomic mass is 9.91. The molecule has 262 valence electrons. The Balaban J connectivity index is 2.27. The molecule has 1 saturated heterocycles. The van der Waals surface area contributed by atoms with E-state index in [-0.39, 0.29) is 24.2 Å². The fraction of sp³-hybridized carbons (Fsp3) is 0.514. The number of hydrogen-bond donors (Lipinski definition) is 2. The molecule has 3 rings (SSSR count). The lowest BCUT2D eigenvalue weighted by Gasteiger charge is -2.50. The van der Waals surface area contributed by atoms with Gasteiger partial charge >= 0.3 is 24.1 Å². The molecule has 0 saturated carbocycles. The van der Waals surface area contributed by atoms with Gasteiger partial charge in [0.1, 0.15) is 17.2 Å². The van der Waals surface area contributed by atoms with Gasteiger partial charge < -0.3 is 24.6 Å². The molecule has 1 aliphatic heterocycles. The third kappa shape index (κ3) is 9.21. The van der Waals surface area contributed by atoms with Gasteiger partial charge in [-0.2, -0.15) is 11.8 Å². The van der Waals surface area contributed by atoms with Crippen molar-refractivity contribution in [3.8, 4) is 11.1 Å². The van der Waals surface area contributed by atoms with Crippen LogP contribution in [0, 0.1) is 0 Å². The molecule has 2 aromatic carbocycles. The molecule has 1 fully saturated rings. The average molecular weight is 686 g/mol. The van der Waals surface area contributed by atoms with Crippen molar-refractivity contribution in [1.29, 1.82) is 0 Å². The van der Waals surface area contributed by atoms with E-state index in [9.17, 15) is 29.1 Å². The van der Waals surface area contributed by atoms with Crippen LogP contribution in [-0.4, -0.2) is 88.6 Å². The number of nitrogens with one attached hydrogen (secondary N) is 1. The molecule has 2 aromatic rings.